The van der Waals surface area contributed by atoms with Crippen molar-refractivity contribution in [2.45, 2.75) is 12.8 Å². The number of aromatic nitrogens is 3. The molecule has 47 heavy (non-hydrogen) atoms. The molecule has 4 nitrogen and oxygen atoms in total. The van der Waals surface area contributed by atoms with E-state index in [0.717, 1.165) is 68.0 Å². The molecule has 0 aliphatic heterocycles. The zero-order valence-electron chi connectivity index (χ0n) is 25.6. The molecule has 0 amide bonds. The lowest BCUT2D eigenvalue weighted by Gasteiger charge is -2.14. The van der Waals surface area contributed by atoms with Gasteiger partial charge in [-0.1, -0.05) is 127 Å². The molecule has 222 valence electrons. The highest BCUT2D eigenvalue weighted by molar-refractivity contribution is 6.13. The molecule has 0 saturated carbocycles. The predicted molar refractivity (Wildman–Crippen MR) is 193 cm³/mol. The first-order chi connectivity index (χ1) is 23.3. The van der Waals surface area contributed by atoms with Crippen LogP contribution in [-0.4, -0.2) is 15.0 Å². The number of nitrogens with zero attached hydrogens (tertiary/aromatic N) is 3. The summed E-state index contributed by atoms with van der Waals surface area (Å²) in [6.45, 7) is 0. The molecule has 0 radical (unpaired) electrons. The molecule has 0 atom stereocenters. The SMILES string of the molecule is C1=CC(c2ccc(-c3nc(-c4ccccc4)nc(-c4cccc5oc6ccc(-c7ccccc7)cc6c45)n3)c3ccccc23)=CCC1. The zero-order chi connectivity index (χ0) is 31.2. The standard InChI is InChI=1S/C43H29N3O/c1-4-13-28(14-5-1)31-23-26-38-37(27-31)40-36(21-12-22-39(40)47-38)43-45-41(30-17-8-3-9-18-30)44-42(46-43)35-25-24-32(29-15-6-2-7-16-29)33-19-10-11-20-34(33)35/h1,3-6,8-27H,2,7H2. The summed E-state index contributed by atoms with van der Waals surface area (Å²) in [5.74, 6) is 1.88. The van der Waals surface area contributed by atoms with Crippen molar-refractivity contribution in [1.29, 1.82) is 0 Å². The fourth-order valence-corrected chi connectivity index (χ4v) is 6.72. The van der Waals surface area contributed by atoms with Crippen molar-refractivity contribution >= 4 is 38.3 Å². The largest absolute Gasteiger partial charge is 0.456 e. The second-order valence-electron chi connectivity index (χ2n) is 11.9. The van der Waals surface area contributed by atoms with Crippen molar-refractivity contribution in [2.24, 2.45) is 0 Å². The summed E-state index contributed by atoms with van der Waals surface area (Å²) in [5.41, 5.74) is 9.22. The van der Waals surface area contributed by atoms with Crippen LogP contribution in [0.3, 0.4) is 0 Å². The smallest absolute Gasteiger partial charge is 0.164 e. The molecule has 2 aromatic heterocycles. The summed E-state index contributed by atoms with van der Waals surface area (Å²) in [7, 11) is 0. The average Bonchev–Trinajstić information content (AvgIpc) is 3.53. The summed E-state index contributed by atoms with van der Waals surface area (Å²) in [4.78, 5) is 15.4. The maximum atomic E-state index is 6.38. The maximum Gasteiger partial charge on any atom is 0.164 e. The van der Waals surface area contributed by atoms with Crippen molar-refractivity contribution in [3.05, 3.63) is 157 Å². The first-order valence-electron chi connectivity index (χ1n) is 16.0. The predicted octanol–water partition coefficient (Wildman–Crippen LogP) is 11.3. The summed E-state index contributed by atoms with van der Waals surface area (Å²) in [6, 6.07) is 46.0. The Labute approximate surface area is 272 Å². The van der Waals surface area contributed by atoms with Crippen LogP contribution in [0.4, 0.5) is 0 Å². The molecule has 4 heteroatoms. The molecule has 0 spiro atoms. The number of hydrogen-bond donors (Lipinski definition) is 0. The Bertz CT molecular complexity index is 2510. The Morgan fingerprint density at radius 3 is 1.89 bits per heavy atom. The number of rotatable bonds is 5. The lowest BCUT2D eigenvalue weighted by Crippen LogP contribution is -2.01. The first kappa shape index (κ1) is 27.2. The van der Waals surface area contributed by atoms with Crippen molar-refractivity contribution in [3.8, 4) is 45.3 Å². The minimum absolute atomic E-state index is 0.610. The van der Waals surface area contributed by atoms with Crippen LogP contribution in [0.15, 0.2) is 156 Å². The third-order valence-corrected chi connectivity index (χ3v) is 8.98. The number of benzene rings is 6. The fourth-order valence-electron chi connectivity index (χ4n) is 6.72. The third kappa shape index (κ3) is 4.82. The summed E-state index contributed by atoms with van der Waals surface area (Å²) in [6.07, 6.45) is 8.96. The molecule has 1 aliphatic carbocycles. The van der Waals surface area contributed by atoms with Gasteiger partial charge in [0.1, 0.15) is 11.2 Å². The lowest BCUT2D eigenvalue weighted by molar-refractivity contribution is 0.669. The van der Waals surface area contributed by atoms with Gasteiger partial charge >= 0.3 is 0 Å². The first-order valence-corrected chi connectivity index (χ1v) is 16.0. The topological polar surface area (TPSA) is 51.8 Å². The monoisotopic (exact) mass is 603 g/mol. The lowest BCUT2D eigenvalue weighted by atomic mass is 9.92. The van der Waals surface area contributed by atoms with Gasteiger partial charge in [0.05, 0.1) is 0 Å². The van der Waals surface area contributed by atoms with E-state index in [0.29, 0.717) is 17.5 Å². The molecule has 0 saturated heterocycles. The van der Waals surface area contributed by atoms with E-state index in [9.17, 15) is 0 Å². The van der Waals surface area contributed by atoms with Crippen LogP contribution in [0, 0.1) is 0 Å². The Hall–Kier alpha value is -6.13. The van der Waals surface area contributed by atoms with Crippen molar-refractivity contribution < 1.29 is 4.42 Å². The molecule has 0 bridgehead atoms. The van der Waals surface area contributed by atoms with E-state index in [1.54, 1.807) is 0 Å². The average molecular weight is 604 g/mol. The molecule has 8 aromatic rings. The number of allylic oxidation sites excluding steroid dienone is 4. The van der Waals surface area contributed by atoms with E-state index >= 15 is 0 Å². The molecule has 0 unspecified atom stereocenters. The molecule has 6 aromatic carbocycles. The van der Waals surface area contributed by atoms with E-state index in [4.69, 9.17) is 19.4 Å². The van der Waals surface area contributed by atoms with E-state index < -0.39 is 0 Å². The highest BCUT2D eigenvalue weighted by atomic mass is 16.3. The fraction of sp³-hybridized carbons (Fsp3) is 0.0465. The van der Waals surface area contributed by atoms with Gasteiger partial charge in [-0.2, -0.15) is 0 Å². The van der Waals surface area contributed by atoms with Crippen molar-refractivity contribution in [2.75, 3.05) is 0 Å². The van der Waals surface area contributed by atoms with Gasteiger partial charge in [0, 0.05) is 27.5 Å². The van der Waals surface area contributed by atoms with E-state index in [2.05, 4.69) is 103 Å². The van der Waals surface area contributed by atoms with Gasteiger partial charge in [0.15, 0.2) is 17.5 Å². The van der Waals surface area contributed by atoms with E-state index in [-0.39, 0.29) is 0 Å². The van der Waals surface area contributed by atoms with Gasteiger partial charge in [0.2, 0.25) is 0 Å². The quantitative estimate of drug-likeness (QED) is 0.196. The minimum atomic E-state index is 0.610. The Balaban J connectivity index is 1.29. The molecular formula is C43H29N3O. The molecule has 1 aliphatic rings. The zero-order valence-corrected chi connectivity index (χ0v) is 25.6. The normalized spacial score (nSPS) is 13.0. The second-order valence-corrected chi connectivity index (χ2v) is 11.9. The van der Waals surface area contributed by atoms with Gasteiger partial charge in [-0.05, 0) is 70.1 Å². The van der Waals surface area contributed by atoms with Crippen LogP contribution in [0.1, 0.15) is 18.4 Å². The molecule has 2 heterocycles. The van der Waals surface area contributed by atoms with Crippen LogP contribution in [0.2, 0.25) is 0 Å². The van der Waals surface area contributed by atoms with Gasteiger partial charge in [0.25, 0.3) is 0 Å². The summed E-state index contributed by atoms with van der Waals surface area (Å²) >= 11 is 0. The van der Waals surface area contributed by atoms with Gasteiger partial charge in [-0.3, -0.25) is 0 Å². The van der Waals surface area contributed by atoms with Crippen LogP contribution in [-0.2, 0) is 0 Å². The van der Waals surface area contributed by atoms with Crippen LogP contribution < -0.4 is 0 Å². The van der Waals surface area contributed by atoms with Crippen molar-refractivity contribution in [3.63, 3.8) is 0 Å². The molecular weight excluding hydrogens is 574 g/mol. The Kier molecular flexibility index (Phi) is 6.57. The summed E-state index contributed by atoms with van der Waals surface area (Å²) in [5, 5.41) is 4.32. The molecule has 0 N–H and O–H groups in total. The number of hydrogen-bond acceptors (Lipinski definition) is 4. The Morgan fingerprint density at radius 1 is 0.447 bits per heavy atom. The Morgan fingerprint density at radius 2 is 1.13 bits per heavy atom. The van der Waals surface area contributed by atoms with Crippen LogP contribution >= 0.6 is 0 Å². The highest BCUT2D eigenvalue weighted by Gasteiger charge is 2.20. The van der Waals surface area contributed by atoms with Crippen LogP contribution in [0.5, 0.6) is 0 Å². The molecule has 0 fully saturated rings. The minimum Gasteiger partial charge on any atom is -0.456 e. The van der Waals surface area contributed by atoms with Crippen LogP contribution in [0.25, 0.3) is 83.6 Å². The van der Waals surface area contributed by atoms with Gasteiger partial charge in [-0.25, -0.2) is 15.0 Å². The van der Waals surface area contributed by atoms with Gasteiger partial charge < -0.3 is 4.42 Å². The second kappa shape index (κ2) is 11.3. The van der Waals surface area contributed by atoms with E-state index in [1.807, 2.05) is 48.5 Å². The third-order valence-electron chi connectivity index (χ3n) is 8.98. The summed E-state index contributed by atoms with van der Waals surface area (Å²) < 4.78 is 6.38. The van der Waals surface area contributed by atoms with E-state index in [1.165, 1.54) is 16.5 Å². The van der Waals surface area contributed by atoms with Gasteiger partial charge in [-0.15, -0.1) is 0 Å². The number of fused-ring (bicyclic) bond motifs is 4. The molecule has 9 rings (SSSR count). The maximum absolute atomic E-state index is 6.38. The van der Waals surface area contributed by atoms with Crippen molar-refractivity contribution in [1.82, 2.24) is 15.0 Å². The number of furan rings is 1. The highest BCUT2D eigenvalue weighted by Crippen LogP contribution is 2.39.